The Morgan fingerprint density at radius 1 is 0.429 bits per heavy atom. The topological polar surface area (TPSA) is 34.2 Å². The van der Waals surface area contributed by atoms with Gasteiger partial charge in [-0.1, -0.05) is 139 Å². The van der Waals surface area contributed by atoms with Crippen molar-refractivity contribution in [3.8, 4) is 23.0 Å². The van der Waals surface area contributed by atoms with Crippen LogP contribution in [0.4, 0.5) is 11.4 Å². The van der Waals surface area contributed by atoms with Gasteiger partial charge in [0, 0.05) is 35.6 Å². The highest BCUT2D eigenvalue weighted by atomic mass is 16.5. The lowest BCUT2D eigenvalue weighted by Gasteiger charge is -2.31. The number of fused-ring (bicyclic) bond motifs is 2. The Balaban J connectivity index is 0.844. The Labute approximate surface area is 382 Å². The first-order valence-electron chi connectivity index (χ1n) is 25.4. The molecule has 63 heavy (non-hydrogen) atoms. The lowest BCUT2D eigenvalue weighted by molar-refractivity contribution is 0.289. The predicted octanol–water partition coefficient (Wildman–Crippen LogP) is 17.0. The Hall–Kier alpha value is -4.64. The molecular formula is C58H80N2O3. The predicted molar refractivity (Wildman–Crippen MR) is 268 cm³/mol. The summed E-state index contributed by atoms with van der Waals surface area (Å²) in [5.41, 5.74) is 7.53. The van der Waals surface area contributed by atoms with Crippen LogP contribution in [0.15, 0.2) is 109 Å². The van der Waals surface area contributed by atoms with Crippen LogP contribution in [0.5, 0.6) is 23.0 Å². The number of ether oxygens (including phenoxy) is 3. The van der Waals surface area contributed by atoms with Crippen LogP contribution in [0, 0.1) is 0 Å². The van der Waals surface area contributed by atoms with Crippen LogP contribution in [-0.2, 0) is 25.9 Å². The molecule has 0 amide bonds. The Kier molecular flexibility index (Phi) is 21.4. The fourth-order valence-electron chi connectivity index (χ4n) is 8.85. The molecule has 4 aromatic rings. The minimum absolute atomic E-state index is 0.551. The van der Waals surface area contributed by atoms with E-state index in [0.29, 0.717) is 13.5 Å². The standard InChI is InChI=1S/C58H80N2O3/c1-3-5-7-9-11-13-15-17-19-21-23-25-27-29-49-31-33-51-45-59(47-61-57(51)43-49)53-35-39-55(40-36-53)63-56-41-37-54(38-42-56)60-46-52-34-32-50(44-58(52)62-48-60)30-28-26-24-22-20-18-16-14-12-10-8-6-4-2/h13-16,31-44H,3-12,17-30,45-48H2,1-2H3/b15-13-,16-14-. The number of aryl methyl sites for hydroxylation is 2. The lowest BCUT2D eigenvalue weighted by Crippen LogP contribution is -2.31. The summed E-state index contributed by atoms with van der Waals surface area (Å²) in [6, 6.07) is 30.4. The van der Waals surface area contributed by atoms with E-state index in [4.69, 9.17) is 14.2 Å². The van der Waals surface area contributed by atoms with Crippen LogP contribution in [0.1, 0.15) is 177 Å². The molecule has 0 bridgehead atoms. The largest absolute Gasteiger partial charge is 0.473 e. The van der Waals surface area contributed by atoms with Crippen molar-refractivity contribution < 1.29 is 14.2 Å². The highest BCUT2D eigenvalue weighted by Gasteiger charge is 2.20. The second-order valence-electron chi connectivity index (χ2n) is 18.2. The maximum Gasteiger partial charge on any atom is 0.161 e. The third-order valence-electron chi connectivity index (χ3n) is 12.8. The molecule has 0 fully saturated rings. The van der Waals surface area contributed by atoms with Gasteiger partial charge in [0.05, 0.1) is 0 Å². The molecule has 0 saturated heterocycles. The van der Waals surface area contributed by atoms with Gasteiger partial charge in [-0.05, 0) is 149 Å². The summed E-state index contributed by atoms with van der Waals surface area (Å²) in [7, 11) is 0. The summed E-state index contributed by atoms with van der Waals surface area (Å²) in [5, 5.41) is 0. The van der Waals surface area contributed by atoms with E-state index in [9.17, 15) is 0 Å². The van der Waals surface area contributed by atoms with Crippen LogP contribution >= 0.6 is 0 Å². The van der Waals surface area contributed by atoms with Crippen LogP contribution in [0.3, 0.4) is 0 Å². The first-order chi connectivity index (χ1) is 31.2. The molecular weight excluding hydrogens is 773 g/mol. The normalized spacial score (nSPS) is 13.6. The van der Waals surface area contributed by atoms with E-state index >= 15 is 0 Å². The molecule has 0 saturated carbocycles. The van der Waals surface area contributed by atoms with E-state index in [1.54, 1.807) is 0 Å². The van der Waals surface area contributed by atoms with Gasteiger partial charge in [-0.15, -0.1) is 0 Å². The van der Waals surface area contributed by atoms with E-state index in [0.717, 1.165) is 60.3 Å². The number of rotatable bonds is 30. The van der Waals surface area contributed by atoms with Gasteiger partial charge in [-0.25, -0.2) is 0 Å². The molecule has 0 N–H and O–H groups in total. The quantitative estimate of drug-likeness (QED) is 0.0386. The van der Waals surface area contributed by atoms with Gasteiger partial charge in [0.25, 0.3) is 0 Å². The van der Waals surface area contributed by atoms with Crippen LogP contribution in [-0.4, -0.2) is 13.5 Å². The van der Waals surface area contributed by atoms with E-state index in [2.05, 4.69) is 109 Å². The van der Waals surface area contributed by atoms with Crippen LogP contribution < -0.4 is 24.0 Å². The second kappa shape index (κ2) is 28.2. The molecule has 5 nitrogen and oxygen atoms in total. The molecule has 0 spiro atoms. The fraction of sp³-hybridized carbons (Fsp3) is 0.517. The van der Waals surface area contributed by atoms with Gasteiger partial charge < -0.3 is 24.0 Å². The molecule has 2 heterocycles. The van der Waals surface area contributed by atoms with Crippen molar-refractivity contribution in [3.63, 3.8) is 0 Å². The molecule has 2 aliphatic rings. The molecule has 2 aliphatic heterocycles. The maximum absolute atomic E-state index is 6.28. The monoisotopic (exact) mass is 853 g/mol. The number of nitrogens with zero attached hydrogens (tertiary/aromatic N) is 2. The number of hydrogen-bond acceptors (Lipinski definition) is 5. The van der Waals surface area contributed by atoms with Gasteiger partial charge in [0.15, 0.2) is 13.5 Å². The Morgan fingerprint density at radius 3 is 1.19 bits per heavy atom. The van der Waals surface area contributed by atoms with Crippen molar-refractivity contribution in [1.29, 1.82) is 0 Å². The zero-order valence-corrected chi connectivity index (χ0v) is 39.3. The third kappa shape index (κ3) is 17.1. The molecule has 5 heteroatoms. The van der Waals surface area contributed by atoms with E-state index < -0.39 is 0 Å². The Bertz CT molecular complexity index is 1780. The lowest BCUT2D eigenvalue weighted by atomic mass is 10.0. The Morgan fingerprint density at radius 2 is 0.794 bits per heavy atom. The van der Waals surface area contributed by atoms with Crippen molar-refractivity contribution in [2.24, 2.45) is 0 Å². The fourth-order valence-corrected chi connectivity index (χ4v) is 8.85. The second-order valence-corrected chi connectivity index (χ2v) is 18.2. The van der Waals surface area contributed by atoms with E-state index in [1.165, 1.54) is 164 Å². The molecule has 0 atom stereocenters. The minimum Gasteiger partial charge on any atom is -0.473 e. The number of anilines is 2. The van der Waals surface area contributed by atoms with Crippen LogP contribution in [0.2, 0.25) is 0 Å². The van der Waals surface area contributed by atoms with E-state index in [-0.39, 0.29) is 0 Å². The van der Waals surface area contributed by atoms with Gasteiger partial charge in [0.2, 0.25) is 0 Å². The van der Waals surface area contributed by atoms with Crippen molar-refractivity contribution >= 4 is 11.4 Å². The van der Waals surface area contributed by atoms with Crippen molar-refractivity contribution in [3.05, 3.63) is 131 Å². The van der Waals surface area contributed by atoms with Gasteiger partial charge >= 0.3 is 0 Å². The minimum atomic E-state index is 0.551. The van der Waals surface area contributed by atoms with Gasteiger partial charge in [0.1, 0.15) is 23.0 Å². The summed E-state index contributed by atoms with van der Waals surface area (Å²) in [6.45, 7) is 7.34. The molecule has 4 aromatic carbocycles. The summed E-state index contributed by atoms with van der Waals surface area (Å²) >= 11 is 0. The average molecular weight is 853 g/mol. The van der Waals surface area contributed by atoms with Crippen molar-refractivity contribution in [2.75, 3.05) is 23.3 Å². The highest BCUT2D eigenvalue weighted by Crippen LogP contribution is 2.34. The van der Waals surface area contributed by atoms with Crippen LogP contribution in [0.25, 0.3) is 0 Å². The van der Waals surface area contributed by atoms with Crippen molar-refractivity contribution in [1.82, 2.24) is 0 Å². The average Bonchev–Trinajstić information content (AvgIpc) is 3.32. The number of hydrogen-bond donors (Lipinski definition) is 0. The smallest absolute Gasteiger partial charge is 0.161 e. The number of allylic oxidation sites excluding steroid dienone is 4. The molecule has 0 unspecified atom stereocenters. The summed E-state index contributed by atoms with van der Waals surface area (Å²) in [6.07, 6.45) is 40.8. The third-order valence-corrected chi connectivity index (χ3v) is 12.8. The molecule has 340 valence electrons. The summed E-state index contributed by atoms with van der Waals surface area (Å²) in [4.78, 5) is 4.56. The first kappa shape index (κ1) is 47.8. The van der Waals surface area contributed by atoms with E-state index in [1.807, 2.05) is 24.3 Å². The zero-order chi connectivity index (χ0) is 43.6. The number of benzene rings is 4. The molecule has 0 radical (unpaired) electrons. The number of unbranched alkanes of at least 4 members (excludes halogenated alkanes) is 18. The molecule has 0 aliphatic carbocycles. The first-order valence-corrected chi connectivity index (χ1v) is 25.4. The summed E-state index contributed by atoms with van der Waals surface area (Å²) < 4.78 is 18.8. The van der Waals surface area contributed by atoms with Gasteiger partial charge in [-0.3, -0.25) is 0 Å². The zero-order valence-electron chi connectivity index (χ0n) is 39.3. The molecule has 0 aromatic heterocycles. The maximum atomic E-state index is 6.28. The summed E-state index contributed by atoms with van der Waals surface area (Å²) in [5.74, 6) is 3.72. The molecule has 6 rings (SSSR count). The van der Waals surface area contributed by atoms with Gasteiger partial charge in [-0.2, -0.15) is 0 Å². The van der Waals surface area contributed by atoms with Crippen molar-refractivity contribution in [2.45, 2.75) is 181 Å². The SMILES string of the molecule is CCCCCC/C=C\CCCCCCCc1ccc2c(c1)OCN(c1ccc(Oc3ccc(N4COc5cc(CCCCCCC/C=C\CCCCCC)ccc5C4)cc3)cc1)C2. The highest BCUT2D eigenvalue weighted by molar-refractivity contribution is 5.55.